The smallest absolute Gasteiger partial charge is 0.146 e. The van der Waals surface area contributed by atoms with Crippen molar-refractivity contribution < 1.29 is 4.74 Å². The Kier molecular flexibility index (Phi) is 3.88. The zero-order valence-corrected chi connectivity index (χ0v) is 12.0. The molecule has 3 heterocycles. The standard InChI is InChI=1S/C16H21N3O/c1-12-4-5-14(11-17)16(18-12)19-8-6-13(7-9-19)15-3-2-10-20-15/h4-5,13,15H,2-3,6-10H2,1H3. The maximum absolute atomic E-state index is 9.23. The van der Waals surface area contributed by atoms with Gasteiger partial charge in [-0.3, -0.25) is 0 Å². The molecule has 1 aromatic heterocycles. The molecule has 0 spiro atoms. The lowest BCUT2D eigenvalue weighted by Crippen LogP contribution is -2.38. The van der Waals surface area contributed by atoms with Gasteiger partial charge in [0, 0.05) is 25.4 Å². The summed E-state index contributed by atoms with van der Waals surface area (Å²) in [6.07, 6.45) is 5.19. The normalized spacial score (nSPS) is 23.8. The van der Waals surface area contributed by atoms with Crippen LogP contribution in [0.3, 0.4) is 0 Å². The molecule has 3 rings (SSSR count). The quantitative estimate of drug-likeness (QED) is 0.829. The van der Waals surface area contributed by atoms with E-state index in [0.29, 0.717) is 17.6 Å². The van der Waals surface area contributed by atoms with Crippen molar-refractivity contribution >= 4 is 5.82 Å². The molecule has 2 fully saturated rings. The molecular weight excluding hydrogens is 250 g/mol. The highest BCUT2D eigenvalue weighted by Crippen LogP contribution is 2.31. The van der Waals surface area contributed by atoms with Crippen LogP contribution in [-0.2, 0) is 4.74 Å². The Hall–Kier alpha value is -1.60. The summed E-state index contributed by atoms with van der Waals surface area (Å²) in [6.45, 7) is 4.87. The van der Waals surface area contributed by atoms with E-state index in [1.54, 1.807) is 0 Å². The highest BCUT2D eigenvalue weighted by atomic mass is 16.5. The van der Waals surface area contributed by atoms with Crippen molar-refractivity contribution in [3.63, 3.8) is 0 Å². The molecule has 0 amide bonds. The summed E-state index contributed by atoms with van der Waals surface area (Å²) in [7, 11) is 0. The van der Waals surface area contributed by atoms with E-state index >= 15 is 0 Å². The fourth-order valence-electron chi connectivity index (χ4n) is 3.33. The average molecular weight is 271 g/mol. The third-order valence-electron chi connectivity index (χ3n) is 4.46. The molecule has 0 saturated carbocycles. The summed E-state index contributed by atoms with van der Waals surface area (Å²) >= 11 is 0. The molecule has 0 bridgehead atoms. The van der Waals surface area contributed by atoms with Gasteiger partial charge in [0.1, 0.15) is 11.9 Å². The molecule has 4 nitrogen and oxygen atoms in total. The van der Waals surface area contributed by atoms with Crippen LogP contribution in [0, 0.1) is 24.2 Å². The number of aryl methyl sites for hydroxylation is 1. The predicted octanol–water partition coefficient (Wildman–Crippen LogP) is 2.66. The molecule has 4 heteroatoms. The van der Waals surface area contributed by atoms with E-state index in [-0.39, 0.29) is 0 Å². The van der Waals surface area contributed by atoms with E-state index in [2.05, 4.69) is 16.0 Å². The van der Waals surface area contributed by atoms with Crippen molar-refractivity contribution in [2.75, 3.05) is 24.6 Å². The maximum Gasteiger partial charge on any atom is 0.146 e. The van der Waals surface area contributed by atoms with Gasteiger partial charge in [-0.2, -0.15) is 5.26 Å². The Bertz CT molecular complexity index is 509. The van der Waals surface area contributed by atoms with Crippen LogP contribution in [0.25, 0.3) is 0 Å². The van der Waals surface area contributed by atoms with Gasteiger partial charge in [-0.05, 0) is 50.7 Å². The van der Waals surface area contributed by atoms with E-state index in [1.807, 2.05) is 19.1 Å². The Labute approximate surface area is 120 Å². The molecule has 0 N–H and O–H groups in total. The van der Waals surface area contributed by atoms with Crippen molar-refractivity contribution in [1.29, 1.82) is 5.26 Å². The van der Waals surface area contributed by atoms with E-state index in [4.69, 9.17) is 4.74 Å². The van der Waals surface area contributed by atoms with Gasteiger partial charge in [-0.1, -0.05) is 0 Å². The summed E-state index contributed by atoms with van der Waals surface area (Å²) in [6, 6.07) is 6.04. The second kappa shape index (κ2) is 5.80. The highest BCUT2D eigenvalue weighted by Gasteiger charge is 2.30. The highest BCUT2D eigenvalue weighted by molar-refractivity contribution is 5.54. The largest absolute Gasteiger partial charge is 0.378 e. The Morgan fingerprint density at radius 3 is 2.75 bits per heavy atom. The summed E-state index contributed by atoms with van der Waals surface area (Å²) < 4.78 is 5.81. The van der Waals surface area contributed by atoms with E-state index in [0.717, 1.165) is 44.0 Å². The molecule has 106 valence electrons. The van der Waals surface area contributed by atoms with Crippen LogP contribution in [0.4, 0.5) is 5.82 Å². The molecule has 2 aliphatic rings. The molecule has 1 aromatic rings. The molecule has 0 aromatic carbocycles. The van der Waals surface area contributed by atoms with Gasteiger partial charge in [-0.15, -0.1) is 0 Å². The minimum atomic E-state index is 0.470. The Morgan fingerprint density at radius 2 is 2.10 bits per heavy atom. The van der Waals surface area contributed by atoms with Gasteiger partial charge in [0.2, 0.25) is 0 Å². The van der Waals surface area contributed by atoms with Gasteiger partial charge >= 0.3 is 0 Å². The first-order valence-electron chi connectivity index (χ1n) is 7.52. The summed E-state index contributed by atoms with van der Waals surface area (Å²) in [5, 5.41) is 9.23. The second-order valence-corrected chi connectivity index (χ2v) is 5.81. The molecule has 0 radical (unpaired) electrons. The molecular formula is C16H21N3O. The van der Waals surface area contributed by atoms with Gasteiger partial charge < -0.3 is 9.64 Å². The number of nitriles is 1. The number of piperidine rings is 1. The van der Waals surface area contributed by atoms with Crippen molar-refractivity contribution in [3.8, 4) is 6.07 Å². The van der Waals surface area contributed by atoms with E-state index in [9.17, 15) is 5.26 Å². The lowest BCUT2D eigenvalue weighted by molar-refractivity contribution is 0.0531. The number of hydrogen-bond acceptors (Lipinski definition) is 4. The average Bonchev–Trinajstić information content (AvgIpc) is 3.02. The SMILES string of the molecule is Cc1ccc(C#N)c(N2CCC(C3CCCO3)CC2)n1. The fourth-order valence-corrected chi connectivity index (χ4v) is 3.33. The summed E-state index contributed by atoms with van der Waals surface area (Å²) in [5.74, 6) is 1.54. The molecule has 20 heavy (non-hydrogen) atoms. The number of anilines is 1. The molecule has 1 unspecified atom stereocenters. The van der Waals surface area contributed by atoms with Crippen LogP contribution in [0.2, 0.25) is 0 Å². The number of aromatic nitrogens is 1. The third kappa shape index (κ3) is 2.64. The van der Waals surface area contributed by atoms with E-state index < -0.39 is 0 Å². The number of hydrogen-bond donors (Lipinski definition) is 0. The second-order valence-electron chi connectivity index (χ2n) is 5.81. The fraction of sp³-hybridized carbons (Fsp3) is 0.625. The van der Waals surface area contributed by atoms with Gasteiger partial charge in [0.25, 0.3) is 0 Å². The zero-order chi connectivity index (χ0) is 13.9. The molecule has 0 aliphatic carbocycles. The first kappa shape index (κ1) is 13.4. The van der Waals surface area contributed by atoms with Crippen molar-refractivity contribution in [3.05, 3.63) is 23.4 Å². The van der Waals surface area contributed by atoms with Gasteiger partial charge in [-0.25, -0.2) is 4.98 Å². The zero-order valence-electron chi connectivity index (χ0n) is 12.0. The topological polar surface area (TPSA) is 49.2 Å². The minimum Gasteiger partial charge on any atom is -0.378 e. The summed E-state index contributed by atoms with van der Waals surface area (Å²) in [4.78, 5) is 6.82. The Balaban J connectivity index is 1.69. The first-order valence-corrected chi connectivity index (χ1v) is 7.52. The third-order valence-corrected chi connectivity index (χ3v) is 4.46. The van der Waals surface area contributed by atoms with Crippen LogP contribution in [0.5, 0.6) is 0 Å². The molecule has 1 atom stereocenters. The lowest BCUT2D eigenvalue weighted by atomic mass is 9.89. The van der Waals surface area contributed by atoms with Crippen molar-refractivity contribution in [2.45, 2.75) is 38.7 Å². The number of ether oxygens (including phenoxy) is 1. The van der Waals surface area contributed by atoms with Crippen LogP contribution >= 0.6 is 0 Å². The van der Waals surface area contributed by atoms with E-state index in [1.165, 1.54) is 12.8 Å². The van der Waals surface area contributed by atoms with Crippen LogP contribution in [0.1, 0.15) is 36.9 Å². The van der Waals surface area contributed by atoms with Crippen LogP contribution in [0.15, 0.2) is 12.1 Å². The predicted molar refractivity (Wildman–Crippen MR) is 77.6 cm³/mol. The first-order chi connectivity index (χ1) is 9.78. The van der Waals surface area contributed by atoms with Gasteiger partial charge in [0.15, 0.2) is 0 Å². The molecule has 2 saturated heterocycles. The molecule has 2 aliphatic heterocycles. The van der Waals surface area contributed by atoms with Crippen LogP contribution in [-0.4, -0.2) is 30.8 Å². The summed E-state index contributed by atoms with van der Waals surface area (Å²) in [5.41, 5.74) is 1.66. The Morgan fingerprint density at radius 1 is 1.30 bits per heavy atom. The monoisotopic (exact) mass is 271 g/mol. The maximum atomic E-state index is 9.23. The van der Waals surface area contributed by atoms with Gasteiger partial charge in [0.05, 0.1) is 11.7 Å². The number of rotatable bonds is 2. The lowest BCUT2D eigenvalue weighted by Gasteiger charge is -2.35. The van der Waals surface area contributed by atoms with Crippen molar-refractivity contribution in [2.24, 2.45) is 5.92 Å². The van der Waals surface area contributed by atoms with Crippen LogP contribution < -0.4 is 4.90 Å². The number of pyridine rings is 1. The number of nitrogens with zero attached hydrogens (tertiary/aromatic N) is 3. The van der Waals surface area contributed by atoms with Crippen molar-refractivity contribution in [1.82, 2.24) is 4.98 Å². The minimum absolute atomic E-state index is 0.470.